The maximum absolute atomic E-state index is 10.7. The predicted octanol–water partition coefficient (Wildman–Crippen LogP) is 3.54. The number of aryl methyl sites for hydroxylation is 1. The Hall–Kier alpha value is -1.60. The van der Waals surface area contributed by atoms with E-state index in [1.807, 2.05) is 12.1 Å². The van der Waals surface area contributed by atoms with Crippen LogP contribution in [0.25, 0.3) is 0 Å². The van der Waals surface area contributed by atoms with Crippen LogP contribution in [-0.4, -0.2) is 5.11 Å². The van der Waals surface area contributed by atoms with E-state index in [1.165, 1.54) is 16.7 Å². The molecule has 0 amide bonds. The van der Waals surface area contributed by atoms with Crippen LogP contribution in [0.4, 0.5) is 0 Å². The summed E-state index contributed by atoms with van der Waals surface area (Å²) in [5.74, 6) is 0. The summed E-state index contributed by atoms with van der Waals surface area (Å²) in [6.45, 7) is 4.29. The summed E-state index contributed by atoms with van der Waals surface area (Å²) >= 11 is 0. The summed E-state index contributed by atoms with van der Waals surface area (Å²) in [5.41, 5.74) is 4.68. The number of hydrogen-bond donors (Lipinski definition) is 1. The smallest absolute Gasteiger partial charge is 0.0889 e. The van der Waals surface area contributed by atoms with Gasteiger partial charge in [-0.15, -0.1) is 0 Å². The standard InChI is InChI=1S/C17H18O/c1-12-7-3-6-10-15(12)17(2)11-13-8-4-5-9-14(13)16(17)18/h3-10,16,18H,11H2,1-2H3. The van der Waals surface area contributed by atoms with E-state index in [0.29, 0.717) is 0 Å². The molecule has 92 valence electrons. The second-order valence-electron chi connectivity index (χ2n) is 5.51. The summed E-state index contributed by atoms with van der Waals surface area (Å²) in [6, 6.07) is 16.6. The Morgan fingerprint density at radius 2 is 1.72 bits per heavy atom. The lowest BCUT2D eigenvalue weighted by molar-refractivity contribution is 0.105. The first-order chi connectivity index (χ1) is 8.63. The number of rotatable bonds is 1. The van der Waals surface area contributed by atoms with Gasteiger partial charge in [0, 0.05) is 5.41 Å². The van der Waals surface area contributed by atoms with E-state index in [4.69, 9.17) is 0 Å². The van der Waals surface area contributed by atoms with Crippen LogP contribution in [0.15, 0.2) is 48.5 Å². The molecular weight excluding hydrogens is 220 g/mol. The van der Waals surface area contributed by atoms with Gasteiger partial charge in [0.15, 0.2) is 0 Å². The monoisotopic (exact) mass is 238 g/mol. The van der Waals surface area contributed by atoms with Crippen molar-refractivity contribution in [1.82, 2.24) is 0 Å². The molecule has 1 N–H and O–H groups in total. The summed E-state index contributed by atoms with van der Waals surface area (Å²) in [4.78, 5) is 0. The van der Waals surface area contributed by atoms with Gasteiger partial charge < -0.3 is 5.11 Å². The molecule has 0 saturated carbocycles. The highest BCUT2D eigenvalue weighted by Gasteiger charge is 2.43. The van der Waals surface area contributed by atoms with Crippen molar-refractivity contribution in [2.75, 3.05) is 0 Å². The zero-order chi connectivity index (χ0) is 12.8. The van der Waals surface area contributed by atoms with Gasteiger partial charge in [0.25, 0.3) is 0 Å². The van der Waals surface area contributed by atoms with Gasteiger partial charge >= 0.3 is 0 Å². The molecule has 0 aliphatic heterocycles. The Morgan fingerprint density at radius 3 is 2.44 bits per heavy atom. The van der Waals surface area contributed by atoms with Crippen molar-refractivity contribution >= 4 is 0 Å². The molecule has 0 heterocycles. The average molecular weight is 238 g/mol. The fourth-order valence-electron chi connectivity index (χ4n) is 3.25. The van der Waals surface area contributed by atoms with Crippen LogP contribution >= 0.6 is 0 Å². The highest BCUT2D eigenvalue weighted by molar-refractivity contribution is 5.46. The molecule has 2 aromatic rings. The van der Waals surface area contributed by atoms with Gasteiger partial charge in [0.1, 0.15) is 0 Å². The van der Waals surface area contributed by atoms with Crippen LogP contribution in [0.5, 0.6) is 0 Å². The molecule has 1 heteroatoms. The predicted molar refractivity (Wildman–Crippen MR) is 73.6 cm³/mol. The first-order valence-corrected chi connectivity index (χ1v) is 6.45. The van der Waals surface area contributed by atoms with E-state index in [1.54, 1.807) is 0 Å². The van der Waals surface area contributed by atoms with E-state index >= 15 is 0 Å². The molecule has 18 heavy (non-hydrogen) atoms. The third-order valence-corrected chi connectivity index (χ3v) is 4.27. The van der Waals surface area contributed by atoms with E-state index in [0.717, 1.165) is 12.0 Å². The molecule has 0 aromatic heterocycles. The lowest BCUT2D eigenvalue weighted by Crippen LogP contribution is -2.28. The molecule has 0 radical (unpaired) electrons. The van der Waals surface area contributed by atoms with Crippen molar-refractivity contribution in [3.63, 3.8) is 0 Å². The van der Waals surface area contributed by atoms with Gasteiger partial charge in [0.2, 0.25) is 0 Å². The quantitative estimate of drug-likeness (QED) is 0.805. The minimum absolute atomic E-state index is 0.199. The van der Waals surface area contributed by atoms with Crippen molar-refractivity contribution in [1.29, 1.82) is 0 Å². The number of aliphatic hydroxyl groups excluding tert-OH is 1. The third-order valence-electron chi connectivity index (χ3n) is 4.27. The Labute approximate surface area is 108 Å². The first-order valence-electron chi connectivity index (χ1n) is 6.45. The third kappa shape index (κ3) is 1.51. The highest BCUT2D eigenvalue weighted by Crippen LogP contribution is 2.47. The lowest BCUT2D eigenvalue weighted by atomic mass is 9.76. The molecule has 1 aliphatic rings. The SMILES string of the molecule is Cc1ccccc1C1(C)Cc2ccccc2C1O. The Morgan fingerprint density at radius 1 is 1.06 bits per heavy atom. The van der Waals surface area contributed by atoms with Crippen LogP contribution in [-0.2, 0) is 11.8 Å². The zero-order valence-corrected chi connectivity index (χ0v) is 10.9. The molecule has 1 aliphatic carbocycles. The molecule has 2 atom stereocenters. The van der Waals surface area contributed by atoms with E-state index < -0.39 is 6.10 Å². The highest BCUT2D eigenvalue weighted by atomic mass is 16.3. The van der Waals surface area contributed by atoms with Crippen LogP contribution < -0.4 is 0 Å². The van der Waals surface area contributed by atoms with Crippen molar-refractivity contribution in [2.24, 2.45) is 0 Å². The normalized spacial score (nSPS) is 26.1. The molecular formula is C17H18O. The largest absolute Gasteiger partial charge is 0.387 e. The van der Waals surface area contributed by atoms with Crippen molar-refractivity contribution in [3.8, 4) is 0 Å². The van der Waals surface area contributed by atoms with Crippen molar-refractivity contribution < 1.29 is 5.11 Å². The fourth-order valence-corrected chi connectivity index (χ4v) is 3.25. The number of fused-ring (bicyclic) bond motifs is 1. The second-order valence-corrected chi connectivity index (χ2v) is 5.51. The molecule has 0 bridgehead atoms. The summed E-state index contributed by atoms with van der Waals surface area (Å²) in [6.07, 6.45) is 0.504. The van der Waals surface area contributed by atoms with E-state index in [9.17, 15) is 5.11 Å². The average Bonchev–Trinajstić information content (AvgIpc) is 2.64. The zero-order valence-electron chi connectivity index (χ0n) is 10.9. The topological polar surface area (TPSA) is 20.2 Å². The molecule has 1 nitrogen and oxygen atoms in total. The van der Waals surface area contributed by atoms with E-state index in [2.05, 4.69) is 50.2 Å². The van der Waals surface area contributed by atoms with E-state index in [-0.39, 0.29) is 5.41 Å². The molecule has 2 aromatic carbocycles. The Kier molecular flexibility index (Phi) is 2.53. The number of aliphatic hydroxyl groups is 1. The molecule has 0 spiro atoms. The molecule has 2 unspecified atom stereocenters. The maximum atomic E-state index is 10.7. The van der Waals surface area contributed by atoms with Gasteiger partial charge in [-0.25, -0.2) is 0 Å². The maximum Gasteiger partial charge on any atom is 0.0889 e. The molecule has 3 rings (SSSR count). The summed E-state index contributed by atoms with van der Waals surface area (Å²) in [5, 5.41) is 10.7. The fraction of sp³-hybridized carbons (Fsp3) is 0.294. The van der Waals surface area contributed by atoms with Crippen LogP contribution in [0, 0.1) is 6.92 Å². The van der Waals surface area contributed by atoms with Gasteiger partial charge in [0.05, 0.1) is 6.10 Å². The van der Waals surface area contributed by atoms with Crippen molar-refractivity contribution in [3.05, 3.63) is 70.8 Å². The van der Waals surface area contributed by atoms with Gasteiger partial charge in [-0.1, -0.05) is 55.5 Å². The second kappa shape index (κ2) is 3.96. The molecule has 0 fully saturated rings. The summed E-state index contributed by atoms with van der Waals surface area (Å²) < 4.78 is 0. The minimum Gasteiger partial charge on any atom is -0.387 e. The first kappa shape index (κ1) is 11.5. The number of benzene rings is 2. The number of hydrogen-bond acceptors (Lipinski definition) is 1. The van der Waals surface area contributed by atoms with Gasteiger partial charge in [-0.3, -0.25) is 0 Å². The minimum atomic E-state index is -0.408. The van der Waals surface area contributed by atoms with Gasteiger partial charge in [-0.05, 0) is 35.6 Å². The summed E-state index contributed by atoms with van der Waals surface area (Å²) in [7, 11) is 0. The molecule has 0 saturated heterocycles. The lowest BCUT2D eigenvalue weighted by Gasteiger charge is -2.30. The Bertz CT molecular complexity index is 588. The van der Waals surface area contributed by atoms with Crippen LogP contribution in [0.3, 0.4) is 0 Å². The van der Waals surface area contributed by atoms with Crippen LogP contribution in [0.2, 0.25) is 0 Å². The van der Waals surface area contributed by atoms with Crippen LogP contribution in [0.1, 0.15) is 35.3 Å². The van der Waals surface area contributed by atoms with Crippen molar-refractivity contribution in [2.45, 2.75) is 31.8 Å². The van der Waals surface area contributed by atoms with Gasteiger partial charge in [-0.2, -0.15) is 0 Å². The Balaban J connectivity index is 2.12.